The second kappa shape index (κ2) is 4.46. The van der Waals surface area contributed by atoms with Crippen LogP contribution in [0.2, 0.25) is 0 Å². The summed E-state index contributed by atoms with van der Waals surface area (Å²) in [5, 5.41) is 3.56. The van der Waals surface area contributed by atoms with Crippen molar-refractivity contribution in [2.75, 3.05) is 13.7 Å². The maximum atomic E-state index is 5.39. The molecule has 0 spiro atoms. The van der Waals surface area contributed by atoms with Crippen LogP contribution < -0.4 is 10.1 Å². The van der Waals surface area contributed by atoms with Crippen LogP contribution in [0.5, 0.6) is 5.75 Å². The molecule has 1 atom stereocenters. The quantitative estimate of drug-likeness (QED) is 0.843. The van der Waals surface area contributed by atoms with Crippen molar-refractivity contribution in [1.82, 2.24) is 5.32 Å². The molecule has 1 N–H and O–H groups in total. The first-order chi connectivity index (χ1) is 7.61. The maximum absolute atomic E-state index is 5.39. The molecular formula is C14H21NO. The normalized spacial score (nSPS) is 23.3. The van der Waals surface area contributed by atoms with Gasteiger partial charge >= 0.3 is 0 Å². The Hall–Kier alpha value is -1.02. The molecule has 0 saturated carbocycles. The smallest absolute Gasteiger partial charge is 0.122 e. The van der Waals surface area contributed by atoms with Gasteiger partial charge in [0.2, 0.25) is 0 Å². The molecule has 2 heteroatoms. The molecule has 0 radical (unpaired) electrons. The fourth-order valence-corrected chi connectivity index (χ4v) is 2.61. The van der Waals surface area contributed by atoms with E-state index in [1.807, 2.05) is 12.1 Å². The van der Waals surface area contributed by atoms with Gasteiger partial charge in [-0.25, -0.2) is 0 Å². The van der Waals surface area contributed by atoms with Crippen molar-refractivity contribution >= 4 is 0 Å². The summed E-state index contributed by atoms with van der Waals surface area (Å²) in [5.74, 6) is 1.75. The lowest BCUT2D eigenvalue weighted by molar-refractivity contribution is 0.402. The molecule has 1 aromatic rings. The molecule has 88 valence electrons. The minimum atomic E-state index is 0.298. The number of benzene rings is 1. The van der Waals surface area contributed by atoms with E-state index in [1.165, 1.54) is 12.0 Å². The molecule has 1 aliphatic rings. The van der Waals surface area contributed by atoms with Gasteiger partial charge in [-0.3, -0.25) is 0 Å². The van der Waals surface area contributed by atoms with Gasteiger partial charge in [-0.2, -0.15) is 0 Å². The number of para-hydroxylation sites is 1. The molecule has 0 amide bonds. The standard InChI is InChI=1S/C14H21NO/c1-14(2)9-11(10-15-14)8-12-6-4-5-7-13(12)16-3/h4-7,11,15H,8-10H2,1-3H3. The SMILES string of the molecule is COc1ccccc1CC1CNC(C)(C)C1. The lowest BCUT2D eigenvalue weighted by Gasteiger charge is -2.17. The number of nitrogens with one attached hydrogen (secondary N) is 1. The number of hydrogen-bond acceptors (Lipinski definition) is 2. The van der Waals surface area contributed by atoms with Gasteiger partial charge in [0.25, 0.3) is 0 Å². The van der Waals surface area contributed by atoms with Crippen LogP contribution in [-0.4, -0.2) is 19.2 Å². The number of rotatable bonds is 3. The zero-order chi connectivity index (χ0) is 11.6. The molecule has 1 aromatic carbocycles. The van der Waals surface area contributed by atoms with E-state index < -0.39 is 0 Å². The van der Waals surface area contributed by atoms with Crippen molar-refractivity contribution in [3.8, 4) is 5.75 Å². The predicted octanol–water partition coefficient (Wildman–Crippen LogP) is 2.63. The summed E-state index contributed by atoms with van der Waals surface area (Å²) in [5.41, 5.74) is 1.63. The van der Waals surface area contributed by atoms with Gasteiger partial charge in [-0.05, 0) is 50.8 Å². The van der Waals surface area contributed by atoms with E-state index in [0.717, 1.165) is 24.6 Å². The number of methoxy groups -OCH3 is 1. The Balaban J connectivity index is 2.04. The Morgan fingerprint density at radius 1 is 1.38 bits per heavy atom. The van der Waals surface area contributed by atoms with Crippen LogP contribution in [0.15, 0.2) is 24.3 Å². The Morgan fingerprint density at radius 3 is 2.75 bits per heavy atom. The molecule has 1 saturated heterocycles. The van der Waals surface area contributed by atoms with Crippen LogP contribution in [0.4, 0.5) is 0 Å². The first kappa shape index (κ1) is 11.5. The summed E-state index contributed by atoms with van der Waals surface area (Å²) in [7, 11) is 1.75. The summed E-state index contributed by atoms with van der Waals surface area (Å²) < 4.78 is 5.39. The van der Waals surface area contributed by atoms with Crippen molar-refractivity contribution in [3.63, 3.8) is 0 Å². The van der Waals surface area contributed by atoms with E-state index in [2.05, 4.69) is 31.3 Å². The molecule has 16 heavy (non-hydrogen) atoms. The van der Waals surface area contributed by atoms with E-state index in [0.29, 0.717) is 5.54 Å². The fraction of sp³-hybridized carbons (Fsp3) is 0.571. The Labute approximate surface area is 98.0 Å². The summed E-state index contributed by atoms with van der Waals surface area (Å²) in [6.07, 6.45) is 2.35. The average Bonchev–Trinajstić information content (AvgIpc) is 2.59. The second-order valence-corrected chi connectivity index (χ2v) is 5.35. The Morgan fingerprint density at radius 2 is 2.12 bits per heavy atom. The fourth-order valence-electron chi connectivity index (χ4n) is 2.61. The van der Waals surface area contributed by atoms with Gasteiger partial charge in [0.15, 0.2) is 0 Å². The van der Waals surface area contributed by atoms with E-state index in [-0.39, 0.29) is 0 Å². The van der Waals surface area contributed by atoms with Gasteiger partial charge < -0.3 is 10.1 Å². The molecule has 0 bridgehead atoms. The minimum Gasteiger partial charge on any atom is -0.496 e. The first-order valence-corrected chi connectivity index (χ1v) is 5.98. The predicted molar refractivity (Wildman–Crippen MR) is 66.9 cm³/mol. The van der Waals surface area contributed by atoms with Crippen LogP contribution in [0.25, 0.3) is 0 Å². The van der Waals surface area contributed by atoms with E-state index in [9.17, 15) is 0 Å². The maximum Gasteiger partial charge on any atom is 0.122 e. The highest BCUT2D eigenvalue weighted by Crippen LogP contribution is 2.29. The highest BCUT2D eigenvalue weighted by Gasteiger charge is 2.30. The summed E-state index contributed by atoms with van der Waals surface area (Å²) in [6.45, 7) is 5.66. The molecule has 1 aliphatic heterocycles. The third-order valence-electron chi connectivity index (χ3n) is 3.37. The largest absolute Gasteiger partial charge is 0.496 e. The molecule has 2 nitrogen and oxygen atoms in total. The zero-order valence-corrected chi connectivity index (χ0v) is 10.4. The average molecular weight is 219 g/mol. The van der Waals surface area contributed by atoms with Gasteiger partial charge in [-0.15, -0.1) is 0 Å². The van der Waals surface area contributed by atoms with E-state index in [4.69, 9.17) is 4.74 Å². The molecule has 1 unspecified atom stereocenters. The van der Waals surface area contributed by atoms with Crippen molar-refractivity contribution in [2.45, 2.75) is 32.2 Å². The van der Waals surface area contributed by atoms with Crippen molar-refractivity contribution in [3.05, 3.63) is 29.8 Å². The Kier molecular flexibility index (Phi) is 3.20. The summed E-state index contributed by atoms with van der Waals surface area (Å²) >= 11 is 0. The van der Waals surface area contributed by atoms with Crippen LogP contribution >= 0.6 is 0 Å². The third kappa shape index (κ3) is 2.56. The van der Waals surface area contributed by atoms with Crippen LogP contribution in [0.3, 0.4) is 0 Å². The van der Waals surface area contributed by atoms with Gasteiger partial charge in [-0.1, -0.05) is 18.2 Å². The highest BCUT2D eigenvalue weighted by molar-refractivity contribution is 5.33. The van der Waals surface area contributed by atoms with Gasteiger partial charge in [0.05, 0.1) is 7.11 Å². The van der Waals surface area contributed by atoms with Crippen molar-refractivity contribution < 1.29 is 4.74 Å². The molecule has 0 aliphatic carbocycles. The number of ether oxygens (including phenoxy) is 1. The Bertz CT molecular complexity index is 360. The molecule has 2 rings (SSSR count). The second-order valence-electron chi connectivity index (χ2n) is 5.35. The van der Waals surface area contributed by atoms with Gasteiger partial charge in [0, 0.05) is 5.54 Å². The van der Waals surface area contributed by atoms with Crippen LogP contribution in [0, 0.1) is 5.92 Å². The molecule has 1 heterocycles. The highest BCUT2D eigenvalue weighted by atomic mass is 16.5. The molecular weight excluding hydrogens is 198 g/mol. The summed E-state index contributed by atoms with van der Waals surface area (Å²) in [4.78, 5) is 0. The van der Waals surface area contributed by atoms with Crippen LogP contribution in [-0.2, 0) is 6.42 Å². The lowest BCUT2D eigenvalue weighted by Crippen LogP contribution is -2.31. The van der Waals surface area contributed by atoms with E-state index >= 15 is 0 Å². The third-order valence-corrected chi connectivity index (χ3v) is 3.37. The van der Waals surface area contributed by atoms with E-state index in [1.54, 1.807) is 7.11 Å². The monoisotopic (exact) mass is 219 g/mol. The van der Waals surface area contributed by atoms with Crippen molar-refractivity contribution in [1.29, 1.82) is 0 Å². The first-order valence-electron chi connectivity index (χ1n) is 5.98. The lowest BCUT2D eigenvalue weighted by atomic mass is 9.91. The van der Waals surface area contributed by atoms with Crippen LogP contribution in [0.1, 0.15) is 25.8 Å². The number of hydrogen-bond donors (Lipinski definition) is 1. The topological polar surface area (TPSA) is 21.3 Å². The summed E-state index contributed by atoms with van der Waals surface area (Å²) in [6, 6.07) is 8.33. The molecule has 0 aromatic heterocycles. The van der Waals surface area contributed by atoms with Crippen molar-refractivity contribution in [2.24, 2.45) is 5.92 Å². The zero-order valence-electron chi connectivity index (χ0n) is 10.4. The molecule has 1 fully saturated rings. The van der Waals surface area contributed by atoms with Gasteiger partial charge in [0.1, 0.15) is 5.75 Å². The minimum absolute atomic E-state index is 0.298.